The summed E-state index contributed by atoms with van der Waals surface area (Å²) >= 11 is 0. The number of nitrogens with zero attached hydrogens (tertiary/aromatic N) is 3. The monoisotopic (exact) mass is 324 g/mol. The molecule has 1 amide bonds. The van der Waals surface area contributed by atoms with Gasteiger partial charge in [0, 0.05) is 23.2 Å². The summed E-state index contributed by atoms with van der Waals surface area (Å²) in [4.78, 5) is 28.5. The molecule has 1 fully saturated rings. The van der Waals surface area contributed by atoms with Crippen LogP contribution in [0, 0.1) is 6.92 Å². The van der Waals surface area contributed by atoms with E-state index in [-0.39, 0.29) is 18.0 Å². The number of rotatable bonds is 3. The zero-order valence-electron chi connectivity index (χ0n) is 13.7. The molecule has 0 atom stereocenters. The second-order valence-corrected chi connectivity index (χ2v) is 6.49. The van der Waals surface area contributed by atoms with Crippen LogP contribution in [0.5, 0.6) is 0 Å². The number of amides is 1. The van der Waals surface area contributed by atoms with Gasteiger partial charge < -0.3 is 5.32 Å². The Labute approximate surface area is 139 Å². The van der Waals surface area contributed by atoms with E-state index in [0.29, 0.717) is 11.7 Å². The van der Waals surface area contributed by atoms with Gasteiger partial charge in [-0.05, 0) is 31.9 Å². The molecule has 1 aliphatic carbocycles. The Morgan fingerprint density at radius 1 is 1.29 bits per heavy atom. The van der Waals surface area contributed by atoms with Gasteiger partial charge in [0.2, 0.25) is 5.91 Å². The number of fused-ring (bicyclic) bond motifs is 3. The fraction of sp³-hybridized carbons (Fsp3) is 0.389. The highest BCUT2D eigenvalue weighted by molar-refractivity contribution is 5.93. The van der Waals surface area contributed by atoms with Crippen LogP contribution in [0.4, 0.5) is 0 Å². The molecular formula is C18H20N4O2. The Bertz CT molecular complexity index is 980. The van der Waals surface area contributed by atoms with E-state index in [2.05, 4.69) is 10.3 Å². The minimum atomic E-state index is -0.259. The van der Waals surface area contributed by atoms with E-state index in [1.165, 1.54) is 18.9 Å². The van der Waals surface area contributed by atoms with Crippen LogP contribution in [-0.2, 0) is 11.3 Å². The summed E-state index contributed by atoms with van der Waals surface area (Å²) in [7, 11) is 0. The summed E-state index contributed by atoms with van der Waals surface area (Å²) in [6, 6.07) is 9.53. The molecule has 124 valence electrons. The van der Waals surface area contributed by atoms with Crippen LogP contribution >= 0.6 is 0 Å². The Kier molecular flexibility index (Phi) is 3.59. The van der Waals surface area contributed by atoms with Crippen molar-refractivity contribution in [3.05, 3.63) is 46.4 Å². The number of aryl methyl sites for hydroxylation is 1. The highest BCUT2D eigenvalue weighted by Gasteiger charge is 2.19. The molecule has 0 unspecified atom stereocenters. The quantitative estimate of drug-likeness (QED) is 0.801. The lowest BCUT2D eigenvalue weighted by molar-refractivity contribution is -0.122. The van der Waals surface area contributed by atoms with Crippen LogP contribution in [0.3, 0.4) is 0 Å². The predicted molar refractivity (Wildman–Crippen MR) is 92.1 cm³/mol. The lowest BCUT2D eigenvalue weighted by Gasteiger charge is -2.14. The summed E-state index contributed by atoms with van der Waals surface area (Å²) in [5.74, 6) is 0.00246. The summed E-state index contributed by atoms with van der Waals surface area (Å²) in [5.41, 5.74) is 2.02. The van der Waals surface area contributed by atoms with Gasteiger partial charge in [0.1, 0.15) is 6.54 Å². The molecule has 1 N–H and O–H groups in total. The summed E-state index contributed by atoms with van der Waals surface area (Å²) in [6.07, 6.45) is 4.49. The Morgan fingerprint density at radius 2 is 2.04 bits per heavy atom. The third-order valence-electron chi connectivity index (χ3n) is 4.76. The average molecular weight is 324 g/mol. The molecule has 0 radical (unpaired) electrons. The number of benzene rings is 1. The Morgan fingerprint density at radius 3 is 2.83 bits per heavy atom. The smallest absolute Gasteiger partial charge is 0.273 e. The van der Waals surface area contributed by atoms with Crippen LogP contribution in [-0.4, -0.2) is 26.1 Å². The molecule has 6 nitrogen and oxygen atoms in total. The number of nitrogens with one attached hydrogen (secondary N) is 1. The molecular weight excluding hydrogens is 304 g/mol. The second kappa shape index (κ2) is 5.78. The number of carbonyl (C=O) groups excluding carboxylic acids is 1. The molecule has 0 aliphatic heterocycles. The van der Waals surface area contributed by atoms with Gasteiger partial charge in [0.15, 0.2) is 5.65 Å². The van der Waals surface area contributed by atoms with Crippen LogP contribution < -0.4 is 10.9 Å². The van der Waals surface area contributed by atoms with E-state index in [1.54, 1.807) is 0 Å². The van der Waals surface area contributed by atoms with Gasteiger partial charge in [-0.25, -0.2) is 4.52 Å². The molecule has 0 saturated heterocycles. The standard InChI is InChI=1S/C18H20N4O2/c1-12-10-16(23)20-18-14-8-4-5-9-15(14)21(22(12)18)11-17(24)19-13-6-2-3-7-13/h4-5,8-10,13H,2-3,6-7,11H2,1H3,(H,19,24). The van der Waals surface area contributed by atoms with E-state index in [9.17, 15) is 9.59 Å². The first-order valence-corrected chi connectivity index (χ1v) is 8.41. The Balaban J connectivity index is 1.80. The van der Waals surface area contributed by atoms with Crippen molar-refractivity contribution in [3.8, 4) is 0 Å². The maximum absolute atomic E-state index is 12.5. The topological polar surface area (TPSA) is 68.4 Å². The number of carbonyl (C=O) groups is 1. The third-order valence-corrected chi connectivity index (χ3v) is 4.76. The minimum absolute atomic E-state index is 0.00246. The summed E-state index contributed by atoms with van der Waals surface area (Å²) in [6.45, 7) is 2.08. The van der Waals surface area contributed by atoms with Crippen LogP contribution in [0.1, 0.15) is 31.4 Å². The number of hydrogen-bond donors (Lipinski definition) is 1. The van der Waals surface area contributed by atoms with Crippen molar-refractivity contribution in [3.63, 3.8) is 0 Å². The van der Waals surface area contributed by atoms with E-state index < -0.39 is 0 Å². The van der Waals surface area contributed by atoms with E-state index in [1.807, 2.05) is 40.4 Å². The highest BCUT2D eigenvalue weighted by atomic mass is 16.2. The van der Waals surface area contributed by atoms with E-state index >= 15 is 0 Å². The van der Waals surface area contributed by atoms with Crippen LogP contribution in [0.15, 0.2) is 35.1 Å². The van der Waals surface area contributed by atoms with Gasteiger partial charge in [-0.3, -0.25) is 14.3 Å². The van der Waals surface area contributed by atoms with Crippen molar-refractivity contribution in [1.82, 2.24) is 19.5 Å². The maximum atomic E-state index is 12.5. The molecule has 6 heteroatoms. The van der Waals surface area contributed by atoms with E-state index in [4.69, 9.17) is 0 Å². The number of hydrogen-bond acceptors (Lipinski definition) is 3. The summed E-state index contributed by atoms with van der Waals surface area (Å²) in [5, 5.41) is 4.00. The van der Waals surface area contributed by atoms with Crippen LogP contribution in [0.2, 0.25) is 0 Å². The first-order chi connectivity index (χ1) is 11.6. The molecule has 4 rings (SSSR count). The predicted octanol–water partition coefficient (Wildman–Crippen LogP) is 2.02. The lowest BCUT2D eigenvalue weighted by atomic mass is 10.2. The van der Waals surface area contributed by atoms with Gasteiger partial charge in [0.05, 0.1) is 5.52 Å². The molecule has 2 aromatic heterocycles. The average Bonchev–Trinajstić information content (AvgIpc) is 3.15. The van der Waals surface area contributed by atoms with Crippen molar-refractivity contribution in [2.24, 2.45) is 0 Å². The summed E-state index contributed by atoms with van der Waals surface area (Å²) < 4.78 is 3.76. The van der Waals surface area contributed by atoms with Crippen molar-refractivity contribution in [1.29, 1.82) is 0 Å². The highest BCUT2D eigenvalue weighted by Crippen LogP contribution is 2.22. The minimum Gasteiger partial charge on any atom is -0.352 e. The Hall–Kier alpha value is -2.63. The molecule has 3 aromatic rings. The molecule has 24 heavy (non-hydrogen) atoms. The number of para-hydroxylation sites is 1. The van der Waals surface area contributed by atoms with Gasteiger partial charge in [-0.2, -0.15) is 4.98 Å². The second-order valence-electron chi connectivity index (χ2n) is 6.49. The molecule has 1 aliphatic rings. The van der Waals surface area contributed by atoms with Crippen molar-refractivity contribution in [2.75, 3.05) is 0 Å². The van der Waals surface area contributed by atoms with Crippen LogP contribution in [0.25, 0.3) is 16.6 Å². The fourth-order valence-corrected chi connectivity index (χ4v) is 3.70. The van der Waals surface area contributed by atoms with E-state index in [0.717, 1.165) is 29.4 Å². The van der Waals surface area contributed by atoms with Gasteiger partial charge in [-0.1, -0.05) is 25.0 Å². The first kappa shape index (κ1) is 14.9. The van der Waals surface area contributed by atoms with Crippen molar-refractivity contribution < 1.29 is 4.79 Å². The number of aromatic nitrogens is 3. The molecule has 2 heterocycles. The lowest BCUT2D eigenvalue weighted by Crippen LogP contribution is -2.36. The zero-order valence-corrected chi connectivity index (χ0v) is 13.7. The van der Waals surface area contributed by atoms with Crippen molar-refractivity contribution in [2.45, 2.75) is 45.2 Å². The SMILES string of the molecule is Cc1cc(=O)nc2c3ccccc3n(CC(=O)NC3CCCC3)n12. The zero-order chi connectivity index (χ0) is 16.7. The fourth-order valence-electron chi connectivity index (χ4n) is 3.70. The molecule has 0 spiro atoms. The van der Waals surface area contributed by atoms with Gasteiger partial charge in [0.25, 0.3) is 5.56 Å². The van der Waals surface area contributed by atoms with Gasteiger partial charge >= 0.3 is 0 Å². The molecule has 1 aromatic carbocycles. The largest absolute Gasteiger partial charge is 0.352 e. The van der Waals surface area contributed by atoms with Gasteiger partial charge in [-0.15, -0.1) is 0 Å². The molecule has 0 bridgehead atoms. The van der Waals surface area contributed by atoms with Crippen molar-refractivity contribution >= 4 is 22.5 Å². The molecule has 1 saturated carbocycles. The normalized spacial score (nSPS) is 15.4. The first-order valence-electron chi connectivity index (χ1n) is 8.41. The third kappa shape index (κ3) is 2.48. The maximum Gasteiger partial charge on any atom is 0.273 e.